The van der Waals surface area contributed by atoms with E-state index >= 15 is 0 Å². The molecule has 2 atom stereocenters. The van der Waals surface area contributed by atoms with Gasteiger partial charge in [0.2, 0.25) is 0 Å². The molecule has 2 unspecified atom stereocenters. The minimum atomic E-state index is -0.438. The fourth-order valence-corrected chi connectivity index (χ4v) is 2.97. The summed E-state index contributed by atoms with van der Waals surface area (Å²) >= 11 is 0. The number of likely N-dealkylation sites (tertiary alicyclic amines) is 1. The highest BCUT2D eigenvalue weighted by molar-refractivity contribution is 5.68. The number of aryl methyl sites for hydroxylation is 1. The van der Waals surface area contributed by atoms with Crippen molar-refractivity contribution in [1.29, 1.82) is 0 Å². The van der Waals surface area contributed by atoms with E-state index in [2.05, 4.69) is 17.2 Å². The molecule has 6 nitrogen and oxygen atoms in total. The first kappa shape index (κ1) is 17.8. The van der Waals surface area contributed by atoms with E-state index in [1.165, 1.54) is 0 Å². The molecule has 2 rings (SSSR count). The van der Waals surface area contributed by atoms with Gasteiger partial charge in [0.25, 0.3) is 0 Å². The van der Waals surface area contributed by atoms with E-state index in [1.54, 1.807) is 0 Å². The Kier molecular flexibility index (Phi) is 5.68. The quantitative estimate of drug-likeness (QED) is 0.905. The molecular formula is C17H30N4O2. The van der Waals surface area contributed by atoms with E-state index < -0.39 is 5.60 Å². The van der Waals surface area contributed by atoms with Crippen molar-refractivity contribution >= 4 is 6.09 Å². The van der Waals surface area contributed by atoms with Gasteiger partial charge in [-0.3, -0.25) is 0 Å². The van der Waals surface area contributed by atoms with Gasteiger partial charge >= 0.3 is 6.09 Å². The Morgan fingerprint density at radius 2 is 2.26 bits per heavy atom. The Labute approximate surface area is 139 Å². The molecule has 1 N–H and O–H groups in total. The molecule has 1 aliphatic rings. The van der Waals surface area contributed by atoms with Crippen molar-refractivity contribution in [2.24, 2.45) is 7.05 Å². The average molecular weight is 322 g/mol. The third kappa shape index (κ3) is 5.23. The zero-order chi connectivity index (χ0) is 17.0. The number of carbonyl (C=O) groups excluding carboxylic acids is 1. The van der Waals surface area contributed by atoms with Crippen molar-refractivity contribution in [1.82, 2.24) is 19.8 Å². The number of aromatic nitrogens is 2. The first-order chi connectivity index (χ1) is 10.8. The zero-order valence-electron chi connectivity index (χ0n) is 15.0. The monoisotopic (exact) mass is 322 g/mol. The molecule has 2 heterocycles. The van der Waals surface area contributed by atoms with E-state index in [0.29, 0.717) is 6.04 Å². The topological polar surface area (TPSA) is 59.4 Å². The Balaban J connectivity index is 1.83. The van der Waals surface area contributed by atoms with Crippen molar-refractivity contribution in [3.05, 3.63) is 18.2 Å². The van der Waals surface area contributed by atoms with Gasteiger partial charge in [0.1, 0.15) is 11.4 Å². The summed E-state index contributed by atoms with van der Waals surface area (Å²) in [5, 5.41) is 3.50. The molecule has 1 saturated heterocycles. The van der Waals surface area contributed by atoms with Crippen LogP contribution in [-0.2, 0) is 18.3 Å². The fourth-order valence-electron chi connectivity index (χ4n) is 2.97. The number of hydrogen-bond donors (Lipinski definition) is 1. The number of nitrogens with one attached hydrogen (secondary N) is 1. The number of imidazole rings is 1. The normalized spacial score (nSPS) is 19.9. The van der Waals surface area contributed by atoms with Gasteiger partial charge in [-0.15, -0.1) is 0 Å². The highest BCUT2D eigenvalue weighted by Crippen LogP contribution is 2.24. The van der Waals surface area contributed by atoms with Gasteiger partial charge < -0.3 is 19.5 Å². The summed E-state index contributed by atoms with van der Waals surface area (Å²) in [7, 11) is 2.00. The van der Waals surface area contributed by atoms with Crippen LogP contribution in [0.5, 0.6) is 0 Å². The van der Waals surface area contributed by atoms with Gasteiger partial charge in [0.15, 0.2) is 0 Å². The molecule has 130 valence electrons. The maximum atomic E-state index is 12.3. The van der Waals surface area contributed by atoms with Gasteiger partial charge in [-0.1, -0.05) is 0 Å². The van der Waals surface area contributed by atoms with Gasteiger partial charge in [0.05, 0.1) is 6.54 Å². The number of ether oxygens (including phenoxy) is 1. The number of nitrogens with zero attached hydrogens (tertiary/aromatic N) is 3. The molecule has 0 bridgehead atoms. The van der Waals surface area contributed by atoms with Crippen LogP contribution in [0.25, 0.3) is 0 Å². The van der Waals surface area contributed by atoms with E-state index in [9.17, 15) is 4.79 Å². The summed E-state index contributed by atoms with van der Waals surface area (Å²) < 4.78 is 7.54. The first-order valence-corrected chi connectivity index (χ1v) is 8.45. The zero-order valence-corrected chi connectivity index (χ0v) is 15.0. The van der Waals surface area contributed by atoms with Crippen molar-refractivity contribution < 1.29 is 9.53 Å². The summed E-state index contributed by atoms with van der Waals surface area (Å²) in [5.41, 5.74) is -0.438. The number of amides is 1. The predicted molar refractivity (Wildman–Crippen MR) is 90.1 cm³/mol. The van der Waals surface area contributed by atoms with E-state index in [4.69, 9.17) is 4.74 Å². The van der Waals surface area contributed by atoms with Gasteiger partial charge in [-0.2, -0.15) is 0 Å². The Bertz CT molecular complexity index is 521. The van der Waals surface area contributed by atoms with Crippen molar-refractivity contribution in [3.63, 3.8) is 0 Å². The van der Waals surface area contributed by atoms with Crippen LogP contribution in [0.2, 0.25) is 0 Å². The Morgan fingerprint density at radius 1 is 1.52 bits per heavy atom. The molecule has 0 spiro atoms. The molecule has 1 aromatic rings. The van der Waals surface area contributed by atoms with E-state index in [1.807, 2.05) is 49.7 Å². The second-order valence-corrected chi connectivity index (χ2v) is 7.44. The highest BCUT2D eigenvalue weighted by Gasteiger charge is 2.32. The first-order valence-electron chi connectivity index (χ1n) is 8.45. The number of rotatable bonds is 5. The van der Waals surface area contributed by atoms with Gasteiger partial charge in [0, 0.05) is 38.1 Å². The Morgan fingerprint density at radius 3 is 2.87 bits per heavy atom. The number of hydrogen-bond acceptors (Lipinski definition) is 4. The molecular weight excluding hydrogens is 292 g/mol. The molecule has 0 radical (unpaired) electrons. The third-order valence-corrected chi connectivity index (χ3v) is 4.16. The minimum absolute atomic E-state index is 0.184. The summed E-state index contributed by atoms with van der Waals surface area (Å²) in [6.07, 6.45) is 6.61. The smallest absolute Gasteiger partial charge is 0.410 e. The van der Waals surface area contributed by atoms with Crippen molar-refractivity contribution in [2.45, 2.75) is 71.2 Å². The second kappa shape index (κ2) is 7.34. The lowest BCUT2D eigenvalue weighted by molar-refractivity contribution is 0.0214. The van der Waals surface area contributed by atoms with Crippen LogP contribution in [0.1, 0.15) is 52.8 Å². The Hall–Kier alpha value is -1.56. The summed E-state index contributed by atoms with van der Waals surface area (Å²) in [6.45, 7) is 9.43. The largest absolute Gasteiger partial charge is 0.444 e. The molecule has 0 saturated carbocycles. The minimum Gasteiger partial charge on any atom is -0.444 e. The van der Waals surface area contributed by atoms with Crippen LogP contribution >= 0.6 is 0 Å². The summed E-state index contributed by atoms with van der Waals surface area (Å²) in [4.78, 5) is 18.5. The third-order valence-electron chi connectivity index (χ3n) is 4.16. The van der Waals surface area contributed by atoms with Crippen LogP contribution in [0.15, 0.2) is 12.4 Å². The van der Waals surface area contributed by atoms with Crippen LogP contribution < -0.4 is 5.32 Å². The highest BCUT2D eigenvalue weighted by atomic mass is 16.6. The van der Waals surface area contributed by atoms with Gasteiger partial charge in [-0.05, 0) is 47.0 Å². The van der Waals surface area contributed by atoms with Crippen molar-refractivity contribution in [3.8, 4) is 0 Å². The molecule has 6 heteroatoms. The predicted octanol–water partition coefficient (Wildman–Crippen LogP) is 2.69. The molecule has 0 aliphatic carbocycles. The van der Waals surface area contributed by atoms with E-state index in [0.717, 1.165) is 38.2 Å². The maximum Gasteiger partial charge on any atom is 0.410 e. The van der Waals surface area contributed by atoms with Crippen molar-refractivity contribution in [2.75, 3.05) is 6.54 Å². The SMILES string of the molecule is CC(CC1CCCN1C(=O)OC(C)(C)C)NCc1nccn1C. The average Bonchev–Trinajstić information content (AvgIpc) is 3.03. The lowest BCUT2D eigenvalue weighted by Gasteiger charge is -2.30. The van der Waals surface area contributed by atoms with Crippen LogP contribution in [0.4, 0.5) is 4.79 Å². The van der Waals surface area contributed by atoms with Crippen LogP contribution in [0, 0.1) is 0 Å². The van der Waals surface area contributed by atoms with Gasteiger partial charge in [-0.25, -0.2) is 9.78 Å². The molecule has 1 fully saturated rings. The molecule has 23 heavy (non-hydrogen) atoms. The fraction of sp³-hybridized carbons (Fsp3) is 0.765. The molecule has 1 aliphatic heterocycles. The van der Waals surface area contributed by atoms with Crippen LogP contribution in [-0.4, -0.2) is 44.8 Å². The summed E-state index contributed by atoms with van der Waals surface area (Å²) in [5.74, 6) is 1.02. The summed E-state index contributed by atoms with van der Waals surface area (Å²) in [6, 6.07) is 0.577. The van der Waals surface area contributed by atoms with E-state index in [-0.39, 0.29) is 12.1 Å². The van der Waals surface area contributed by atoms with Crippen LogP contribution in [0.3, 0.4) is 0 Å². The number of carbonyl (C=O) groups is 1. The molecule has 1 aromatic heterocycles. The lowest BCUT2D eigenvalue weighted by Crippen LogP contribution is -2.42. The lowest BCUT2D eigenvalue weighted by atomic mass is 10.1. The molecule has 0 aromatic carbocycles. The standard InChI is InChI=1S/C17H30N4O2/c1-13(19-12-15-18-8-10-20(15)5)11-14-7-6-9-21(14)16(22)23-17(2,3)4/h8,10,13-14,19H,6-7,9,11-12H2,1-5H3. The second-order valence-electron chi connectivity index (χ2n) is 7.44. The molecule has 1 amide bonds. The maximum absolute atomic E-state index is 12.3.